The predicted octanol–water partition coefficient (Wildman–Crippen LogP) is 2.21. The smallest absolute Gasteiger partial charge is 0.337 e. The molecular weight excluding hydrogens is 334 g/mol. The zero-order valence-corrected chi connectivity index (χ0v) is 14.1. The lowest BCUT2D eigenvalue weighted by Gasteiger charge is -2.10. The number of hydrogen-bond donors (Lipinski definition) is 1. The van der Waals surface area contributed by atoms with Gasteiger partial charge in [-0.25, -0.2) is 4.79 Å². The fourth-order valence-electron chi connectivity index (χ4n) is 2.61. The van der Waals surface area contributed by atoms with Gasteiger partial charge in [-0.05, 0) is 30.3 Å². The molecule has 0 aliphatic carbocycles. The van der Waals surface area contributed by atoms with Gasteiger partial charge in [-0.2, -0.15) is 5.10 Å². The van der Waals surface area contributed by atoms with Crippen molar-refractivity contribution < 1.29 is 14.3 Å². The number of amides is 1. The van der Waals surface area contributed by atoms with E-state index in [9.17, 15) is 14.4 Å². The number of fused-ring (bicyclic) bond motifs is 1. The topological polar surface area (TPSA) is 90.3 Å². The van der Waals surface area contributed by atoms with Crippen LogP contribution in [0.25, 0.3) is 10.9 Å². The fourth-order valence-corrected chi connectivity index (χ4v) is 2.61. The molecular formula is C19H17N3O4. The van der Waals surface area contributed by atoms with Crippen molar-refractivity contribution in [2.24, 2.45) is 0 Å². The van der Waals surface area contributed by atoms with E-state index in [0.29, 0.717) is 28.7 Å². The van der Waals surface area contributed by atoms with Crippen molar-refractivity contribution in [2.75, 3.05) is 12.4 Å². The average molecular weight is 351 g/mol. The summed E-state index contributed by atoms with van der Waals surface area (Å²) in [4.78, 5) is 35.6. The number of aryl methyl sites for hydroxylation is 1. The number of esters is 1. The number of nitrogens with zero attached hydrogens (tertiary/aromatic N) is 2. The quantitative estimate of drug-likeness (QED) is 0.712. The van der Waals surface area contributed by atoms with Crippen molar-refractivity contribution >= 4 is 28.5 Å². The number of nitrogens with one attached hydrogen (secondary N) is 1. The van der Waals surface area contributed by atoms with Gasteiger partial charge >= 0.3 is 5.97 Å². The van der Waals surface area contributed by atoms with Crippen molar-refractivity contribution in [1.82, 2.24) is 9.78 Å². The molecule has 0 bridgehead atoms. The van der Waals surface area contributed by atoms with Crippen LogP contribution in [0.2, 0.25) is 0 Å². The Hall–Kier alpha value is -3.48. The van der Waals surface area contributed by atoms with Crippen LogP contribution in [0.3, 0.4) is 0 Å². The first kappa shape index (κ1) is 17.3. The second-order valence-corrected chi connectivity index (χ2v) is 5.62. The first-order valence-corrected chi connectivity index (χ1v) is 8.01. The van der Waals surface area contributed by atoms with Gasteiger partial charge in [0.15, 0.2) is 0 Å². The number of rotatable bonds is 5. The highest BCUT2D eigenvalue weighted by atomic mass is 16.5. The number of para-hydroxylation sites is 1. The normalized spacial score (nSPS) is 10.5. The van der Waals surface area contributed by atoms with Gasteiger partial charge in [0, 0.05) is 17.5 Å². The molecule has 0 saturated heterocycles. The summed E-state index contributed by atoms with van der Waals surface area (Å²) in [5.74, 6) is -0.693. The van der Waals surface area contributed by atoms with Crippen LogP contribution in [0.5, 0.6) is 0 Å². The summed E-state index contributed by atoms with van der Waals surface area (Å²) in [6.45, 7) is 0.323. The van der Waals surface area contributed by atoms with Crippen LogP contribution in [0, 0.1) is 0 Å². The number of anilines is 1. The number of hydrogen-bond acceptors (Lipinski definition) is 5. The molecule has 2 aromatic carbocycles. The minimum Gasteiger partial charge on any atom is -0.465 e. The lowest BCUT2D eigenvalue weighted by atomic mass is 10.2. The van der Waals surface area contributed by atoms with E-state index in [0.717, 1.165) is 0 Å². The van der Waals surface area contributed by atoms with Gasteiger partial charge in [-0.15, -0.1) is 0 Å². The Morgan fingerprint density at radius 2 is 1.96 bits per heavy atom. The highest BCUT2D eigenvalue weighted by Gasteiger charge is 2.09. The number of carbonyl (C=O) groups excluding carboxylic acids is 2. The lowest BCUT2D eigenvalue weighted by Crippen LogP contribution is -2.18. The van der Waals surface area contributed by atoms with Crippen LogP contribution in [0.15, 0.2) is 59.5 Å². The number of methoxy groups -OCH3 is 1. The molecule has 7 heteroatoms. The summed E-state index contributed by atoms with van der Waals surface area (Å²) in [6, 6.07) is 13.6. The predicted molar refractivity (Wildman–Crippen MR) is 97.0 cm³/mol. The Kier molecular flexibility index (Phi) is 5.07. The number of benzene rings is 2. The van der Waals surface area contributed by atoms with Crippen molar-refractivity contribution in [3.05, 3.63) is 70.5 Å². The van der Waals surface area contributed by atoms with Gasteiger partial charge in [-0.1, -0.05) is 18.2 Å². The second-order valence-electron chi connectivity index (χ2n) is 5.62. The SMILES string of the molecule is COC(=O)c1cccc(NC(=O)CCn2ncc(=O)c3ccccc32)c1. The van der Waals surface area contributed by atoms with Crippen molar-refractivity contribution in [3.63, 3.8) is 0 Å². The minimum atomic E-state index is -0.468. The summed E-state index contributed by atoms with van der Waals surface area (Å²) >= 11 is 0. The minimum absolute atomic E-state index is 0.152. The number of ether oxygens (including phenoxy) is 1. The molecule has 1 amide bonds. The zero-order valence-electron chi connectivity index (χ0n) is 14.1. The molecule has 0 spiro atoms. The Bertz CT molecular complexity index is 1030. The molecule has 0 aliphatic heterocycles. The fraction of sp³-hybridized carbons (Fsp3) is 0.158. The highest BCUT2D eigenvalue weighted by Crippen LogP contribution is 2.13. The molecule has 0 unspecified atom stereocenters. The summed E-state index contributed by atoms with van der Waals surface area (Å²) in [5, 5.41) is 7.40. The van der Waals surface area contributed by atoms with E-state index in [-0.39, 0.29) is 17.8 Å². The summed E-state index contributed by atoms with van der Waals surface area (Å²) in [6.07, 6.45) is 1.42. The molecule has 0 radical (unpaired) electrons. The van der Waals surface area contributed by atoms with Gasteiger partial charge in [-0.3, -0.25) is 14.3 Å². The molecule has 1 aromatic heterocycles. The van der Waals surface area contributed by atoms with Crippen molar-refractivity contribution in [3.8, 4) is 0 Å². The van der Waals surface area contributed by atoms with Gasteiger partial charge in [0.25, 0.3) is 0 Å². The highest BCUT2D eigenvalue weighted by molar-refractivity contribution is 5.94. The maximum Gasteiger partial charge on any atom is 0.337 e. The molecule has 132 valence electrons. The molecule has 3 aromatic rings. The summed E-state index contributed by atoms with van der Waals surface area (Å²) in [5.41, 5.74) is 1.40. The molecule has 0 atom stereocenters. The Morgan fingerprint density at radius 1 is 1.15 bits per heavy atom. The van der Waals surface area contributed by atoms with Crippen LogP contribution in [0.4, 0.5) is 5.69 Å². The first-order valence-electron chi connectivity index (χ1n) is 8.01. The van der Waals surface area contributed by atoms with E-state index in [1.54, 1.807) is 47.1 Å². The number of aromatic nitrogens is 2. The molecule has 3 rings (SSSR count). The maximum atomic E-state index is 12.2. The van der Waals surface area contributed by atoms with Gasteiger partial charge in [0.2, 0.25) is 11.3 Å². The van der Waals surface area contributed by atoms with Crippen LogP contribution < -0.4 is 10.7 Å². The van der Waals surface area contributed by atoms with E-state index in [1.807, 2.05) is 6.07 Å². The van der Waals surface area contributed by atoms with Gasteiger partial charge in [0.1, 0.15) is 0 Å². The largest absolute Gasteiger partial charge is 0.465 e. The Labute approximate surface area is 149 Å². The van der Waals surface area contributed by atoms with E-state index in [4.69, 9.17) is 0 Å². The van der Waals surface area contributed by atoms with E-state index in [2.05, 4.69) is 15.2 Å². The number of carbonyl (C=O) groups is 2. The standard InChI is InChI=1S/C19H17N3O4/c1-26-19(25)13-5-4-6-14(11-13)21-18(24)9-10-22-16-8-3-2-7-15(16)17(23)12-20-22/h2-8,11-12H,9-10H2,1H3,(H,21,24). The first-order chi connectivity index (χ1) is 12.6. The molecule has 0 fully saturated rings. The van der Waals surface area contributed by atoms with E-state index >= 15 is 0 Å². The monoisotopic (exact) mass is 351 g/mol. The summed E-state index contributed by atoms with van der Waals surface area (Å²) in [7, 11) is 1.30. The van der Waals surface area contributed by atoms with E-state index < -0.39 is 5.97 Å². The molecule has 0 saturated carbocycles. The molecule has 1 heterocycles. The lowest BCUT2D eigenvalue weighted by molar-refractivity contribution is -0.116. The van der Waals surface area contributed by atoms with Crippen LogP contribution >= 0.6 is 0 Å². The Balaban J connectivity index is 1.70. The average Bonchev–Trinajstić information content (AvgIpc) is 2.67. The third-order valence-corrected chi connectivity index (χ3v) is 3.88. The maximum absolute atomic E-state index is 12.2. The van der Waals surface area contributed by atoms with Crippen molar-refractivity contribution in [1.29, 1.82) is 0 Å². The third-order valence-electron chi connectivity index (χ3n) is 3.88. The van der Waals surface area contributed by atoms with Gasteiger partial charge in [0.05, 0.1) is 30.9 Å². The summed E-state index contributed by atoms with van der Waals surface area (Å²) < 4.78 is 6.29. The van der Waals surface area contributed by atoms with E-state index in [1.165, 1.54) is 13.3 Å². The van der Waals surface area contributed by atoms with Crippen molar-refractivity contribution in [2.45, 2.75) is 13.0 Å². The molecule has 26 heavy (non-hydrogen) atoms. The molecule has 0 aliphatic rings. The van der Waals surface area contributed by atoms with Gasteiger partial charge < -0.3 is 10.1 Å². The van der Waals surface area contributed by atoms with Crippen LogP contribution in [0.1, 0.15) is 16.8 Å². The third kappa shape index (κ3) is 3.77. The molecule has 1 N–H and O–H groups in total. The van der Waals surface area contributed by atoms with Crippen LogP contribution in [-0.4, -0.2) is 28.8 Å². The Morgan fingerprint density at radius 3 is 2.77 bits per heavy atom. The van der Waals surface area contributed by atoms with Crippen LogP contribution in [-0.2, 0) is 16.1 Å². The zero-order chi connectivity index (χ0) is 18.5. The second kappa shape index (κ2) is 7.60. The molecule has 7 nitrogen and oxygen atoms in total.